The van der Waals surface area contributed by atoms with Gasteiger partial charge in [-0.2, -0.15) is 8.42 Å². The lowest BCUT2D eigenvalue weighted by molar-refractivity contribution is 0.0668. The van der Waals surface area contributed by atoms with Crippen LogP contribution in [0.15, 0.2) is 0 Å². The molecule has 120 valence electrons. The second-order valence-corrected chi connectivity index (χ2v) is 7.08. The lowest BCUT2D eigenvalue weighted by atomic mass is 10.0. The quantitative estimate of drug-likeness (QED) is 0.664. The van der Waals surface area contributed by atoms with Crippen LogP contribution in [0.1, 0.15) is 65.2 Å². The van der Waals surface area contributed by atoms with Crippen molar-refractivity contribution in [2.75, 3.05) is 13.1 Å². The summed E-state index contributed by atoms with van der Waals surface area (Å²) in [5.74, 6) is 0. The Labute approximate surface area is 124 Å². The Balaban J connectivity index is 2.27. The molecule has 0 spiro atoms. The van der Waals surface area contributed by atoms with Gasteiger partial charge < -0.3 is 0 Å². The van der Waals surface area contributed by atoms with Crippen LogP contribution in [0.25, 0.3) is 0 Å². The molecule has 1 aliphatic rings. The van der Waals surface area contributed by atoms with Crippen LogP contribution in [0.3, 0.4) is 0 Å². The van der Waals surface area contributed by atoms with Crippen molar-refractivity contribution in [1.82, 2.24) is 4.90 Å². The Bertz CT molecular complexity index is 359. The fraction of sp³-hybridized carbons (Fsp3) is 1.00. The van der Waals surface area contributed by atoms with Gasteiger partial charge in [-0.05, 0) is 32.7 Å². The first kappa shape index (κ1) is 17.9. The number of nitrogens with zero attached hydrogens (tertiary/aromatic N) is 1. The van der Waals surface area contributed by atoms with Gasteiger partial charge in [0.15, 0.2) is 0 Å². The molecule has 0 radical (unpaired) electrons. The Morgan fingerprint density at radius 2 is 2.00 bits per heavy atom. The van der Waals surface area contributed by atoms with E-state index in [0.29, 0.717) is 12.6 Å². The topological polar surface area (TPSA) is 72.6 Å². The minimum atomic E-state index is -3.83. The summed E-state index contributed by atoms with van der Waals surface area (Å²) >= 11 is 0. The number of nitrogens with two attached hydrogens (primary N) is 1. The van der Waals surface area contributed by atoms with Crippen LogP contribution in [0, 0.1) is 0 Å². The Kier molecular flexibility index (Phi) is 8.02. The van der Waals surface area contributed by atoms with E-state index < -0.39 is 10.3 Å². The van der Waals surface area contributed by atoms with Gasteiger partial charge in [0.25, 0.3) is 0 Å². The Morgan fingerprint density at radius 1 is 1.30 bits per heavy atom. The molecule has 0 aromatic carbocycles. The lowest BCUT2D eigenvalue weighted by Crippen LogP contribution is -2.45. The maximum absolute atomic E-state index is 11.0. The van der Waals surface area contributed by atoms with Crippen molar-refractivity contribution < 1.29 is 12.6 Å². The number of hydrogen-bond donors (Lipinski definition) is 1. The van der Waals surface area contributed by atoms with Gasteiger partial charge in [0.05, 0.1) is 6.10 Å². The van der Waals surface area contributed by atoms with E-state index in [0.717, 1.165) is 19.4 Å². The van der Waals surface area contributed by atoms with Crippen molar-refractivity contribution in [1.29, 1.82) is 0 Å². The van der Waals surface area contributed by atoms with Crippen LogP contribution in [0.5, 0.6) is 0 Å². The molecule has 0 bridgehead atoms. The van der Waals surface area contributed by atoms with Crippen LogP contribution >= 0.6 is 0 Å². The van der Waals surface area contributed by atoms with Crippen molar-refractivity contribution in [3.05, 3.63) is 0 Å². The molecule has 0 aromatic rings. The van der Waals surface area contributed by atoms with E-state index in [1.165, 1.54) is 38.5 Å². The highest BCUT2D eigenvalue weighted by atomic mass is 32.2. The summed E-state index contributed by atoms with van der Waals surface area (Å²) in [6, 6.07) is 0.489. The molecule has 1 heterocycles. The molecule has 20 heavy (non-hydrogen) atoms. The maximum atomic E-state index is 11.0. The molecule has 1 unspecified atom stereocenters. The Morgan fingerprint density at radius 3 is 2.65 bits per heavy atom. The van der Waals surface area contributed by atoms with E-state index in [-0.39, 0.29) is 6.10 Å². The highest BCUT2D eigenvalue weighted by molar-refractivity contribution is 7.84. The molecule has 0 amide bonds. The summed E-state index contributed by atoms with van der Waals surface area (Å²) in [6.07, 6.45) is 9.10. The average Bonchev–Trinajstić information content (AvgIpc) is 2.36. The van der Waals surface area contributed by atoms with E-state index in [2.05, 4.69) is 18.7 Å². The minimum Gasteiger partial charge on any atom is -0.298 e. The number of rotatable bonds is 9. The van der Waals surface area contributed by atoms with Crippen LogP contribution in [0.2, 0.25) is 0 Å². The second-order valence-electron chi connectivity index (χ2n) is 5.90. The van der Waals surface area contributed by atoms with Crippen LogP contribution in [0.4, 0.5) is 0 Å². The lowest BCUT2D eigenvalue weighted by Gasteiger charge is -2.36. The standard InChI is InChI=1S/C14H30N2O3S/c1-3-4-5-6-7-9-13(2)16-11-8-10-14(12-16)19-20(15,17)18/h13-14H,3-12H2,1-2H3,(H2,15,17,18)/t13?,14-/m0/s1. The molecule has 0 aromatic heterocycles. The molecule has 0 saturated carbocycles. The Hall–Kier alpha value is -0.170. The van der Waals surface area contributed by atoms with Crippen LogP contribution in [-0.4, -0.2) is 38.6 Å². The number of piperidine rings is 1. The van der Waals surface area contributed by atoms with E-state index in [4.69, 9.17) is 9.32 Å². The molecule has 5 nitrogen and oxygen atoms in total. The van der Waals surface area contributed by atoms with Crippen molar-refractivity contribution in [3.63, 3.8) is 0 Å². The normalized spacial score (nSPS) is 22.9. The highest BCUT2D eigenvalue weighted by Crippen LogP contribution is 2.19. The first-order valence-corrected chi connectivity index (χ1v) is 9.34. The van der Waals surface area contributed by atoms with Gasteiger partial charge in [-0.3, -0.25) is 9.08 Å². The highest BCUT2D eigenvalue weighted by Gasteiger charge is 2.26. The zero-order valence-electron chi connectivity index (χ0n) is 12.9. The largest absolute Gasteiger partial charge is 0.333 e. The predicted molar refractivity (Wildman–Crippen MR) is 81.6 cm³/mol. The van der Waals surface area contributed by atoms with Crippen LogP contribution in [-0.2, 0) is 14.5 Å². The number of hydrogen-bond acceptors (Lipinski definition) is 4. The molecule has 1 saturated heterocycles. The number of likely N-dealkylation sites (tertiary alicyclic amines) is 1. The van der Waals surface area contributed by atoms with E-state index in [1.807, 2.05) is 0 Å². The fourth-order valence-electron chi connectivity index (χ4n) is 2.86. The van der Waals surface area contributed by atoms with Gasteiger partial charge in [-0.25, -0.2) is 5.14 Å². The zero-order valence-corrected chi connectivity index (χ0v) is 13.7. The minimum absolute atomic E-state index is 0.277. The van der Waals surface area contributed by atoms with E-state index in [9.17, 15) is 8.42 Å². The van der Waals surface area contributed by atoms with Gasteiger partial charge in [0.2, 0.25) is 0 Å². The third-order valence-electron chi connectivity index (χ3n) is 4.03. The van der Waals surface area contributed by atoms with Gasteiger partial charge in [0.1, 0.15) is 0 Å². The maximum Gasteiger partial charge on any atom is 0.333 e. The van der Waals surface area contributed by atoms with Gasteiger partial charge >= 0.3 is 10.3 Å². The fourth-order valence-corrected chi connectivity index (χ4v) is 3.40. The van der Waals surface area contributed by atoms with E-state index in [1.54, 1.807) is 0 Å². The molecular weight excluding hydrogens is 276 g/mol. The smallest absolute Gasteiger partial charge is 0.298 e. The summed E-state index contributed by atoms with van der Waals surface area (Å²) in [4.78, 5) is 2.33. The molecule has 1 aliphatic heterocycles. The summed E-state index contributed by atoms with van der Waals surface area (Å²) < 4.78 is 26.9. The average molecular weight is 306 g/mol. The molecule has 1 rings (SSSR count). The number of unbranched alkanes of at least 4 members (excludes halogenated alkanes) is 4. The SMILES string of the molecule is CCCCCCCC(C)N1CCC[C@H](OS(N)(=O)=O)C1. The second kappa shape index (κ2) is 8.97. The van der Waals surface area contributed by atoms with Crippen LogP contribution < -0.4 is 5.14 Å². The molecule has 0 aliphatic carbocycles. The summed E-state index contributed by atoms with van der Waals surface area (Å²) in [7, 11) is -3.83. The monoisotopic (exact) mass is 306 g/mol. The summed E-state index contributed by atoms with van der Waals surface area (Å²) in [6.45, 7) is 6.15. The zero-order chi connectivity index (χ0) is 15.0. The predicted octanol–water partition coefficient (Wildman–Crippen LogP) is 2.42. The van der Waals surface area contributed by atoms with Gasteiger partial charge in [-0.15, -0.1) is 0 Å². The third-order valence-corrected chi connectivity index (χ3v) is 4.57. The molecule has 2 atom stereocenters. The van der Waals surface area contributed by atoms with Crippen molar-refractivity contribution in [3.8, 4) is 0 Å². The summed E-state index contributed by atoms with van der Waals surface area (Å²) in [5.41, 5.74) is 0. The third kappa shape index (κ3) is 7.57. The molecule has 2 N–H and O–H groups in total. The van der Waals surface area contributed by atoms with Crippen molar-refractivity contribution in [2.24, 2.45) is 5.14 Å². The first-order chi connectivity index (χ1) is 9.42. The molecular formula is C14H30N2O3S. The molecule has 1 fully saturated rings. The summed E-state index contributed by atoms with van der Waals surface area (Å²) in [5, 5.41) is 4.95. The van der Waals surface area contributed by atoms with Crippen molar-refractivity contribution in [2.45, 2.75) is 77.4 Å². The van der Waals surface area contributed by atoms with Gasteiger partial charge in [0, 0.05) is 12.6 Å². The first-order valence-electron chi connectivity index (χ1n) is 7.87. The molecule has 6 heteroatoms. The van der Waals surface area contributed by atoms with Gasteiger partial charge in [-0.1, -0.05) is 39.0 Å². The van der Waals surface area contributed by atoms with Crippen molar-refractivity contribution >= 4 is 10.3 Å². The van der Waals surface area contributed by atoms with E-state index >= 15 is 0 Å².